The van der Waals surface area contributed by atoms with Crippen molar-refractivity contribution in [3.63, 3.8) is 0 Å². The maximum atomic E-state index is 14.1. The smallest absolute Gasteiger partial charge is 0.263 e. The molecule has 1 spiro atoms. The third kappa shape index (κ3) is 6.10. The van der Waals surface area contributed by atoms with Gasteiger partial charge in [0.2, 0.25) is 0 Å². The lowest BCUT2D eigenvalue weighted by Gasteiger charge is -2.41. The van der Waals surface area contributed by atoms with Crippen molar-refractivity contribution in [1.82, 2.24) is 10.6 Å². The summed E-state index contributed by atoms with van der Waals surface area (Å²) in [7, 11) is 0. The summed E-state index contributed by atoms with van der Waals surface area (Å²) in [6, 6.07) is 20.3. The minimum absolute atomic E-state index is 0.0401. The molecule has 8 heteroatoms. The Labute approximate surface area is 246 Å². The highest BCUT2D eigenvalue weighted by atomic mass is 19.1. The molecule has 7 nitrogen and oxygen atoms in total. The quantitative estimate of drug-likeness (QED) is 0.286. The third-order valence-corrected chi connectivity index (χ3v) is 8.94. The molecule has 4 N–H and O–H groups in total. The van der Waals surface area contributed by atoms with Crippen LogP contribution in [0.2, 0.25) is 0 Å². The molecule has 1 saturated carbocycles. The zero-order chi connectivity index (χ0) is 29.1. The number of carbonyl (C=O) groups is 1. The van der Waals surface area contributed by atoms with Crippen molar-refractivity contribution in [3.8, 4) is 11.5 Å². The van der Waals surface area contributed by atoms with Gasteiger partial charge in [-0.2, -0.15) is 0 Å². The molecule has 42 heavy (non-hydrogen) atoms. The van der Waals surface area contributed by atoms with Crippen molar-refractivity contribution in [3.05, 3.63) is 89.2 Å². The number of anilines is 1. The fourth-order valence-corrected chi connectivity index (χ4v) is 6.59. The van der Waals surface area contributed by atoms with Gasteiger partial charge >= 0.3 is 0 Å². The van der Waals surface area contributed by atoms with Crippen LogP contribution < -0.4 is 25.4 Å². The number of aliphatic hydroxyl groups is 1. The normalized spacial score (nSPS) is 21.7. The Morgan fingerprint density at radius 2 is 1.88 bits per heavy atom. The van der Waals surface area contributed by atoms with E-state index in [4.69, 9.17) is 9.47 Å². The van der Waals surface area contributed by atoms with Gasteiger partial charge in [-0.1, -0.05) is 55.5 Å². The largest absolute Gasteiger partial charge is 0.487 e. The fourth-order valence-electron chi connectivity index (χ4n) is 6.59. The third-order valence-electron chi connectivity index (χ3n) is 8.94. The second-order valence-corrected chi connectivity index (χ2v) is 11.9. The lowest BCUT2D eigenvalue weighted by Crippen LogP contribution is -2.54. The first-order valence-corrected chi connectivity index (χ1v) is 15.2. The molecule has 3 aromatic rings. The number of hydrogen-bond donors (Lipinski definition) is 4. The number of fused-ring (bicyclic) bond motifs is 2. The number of halogens is 1. The van der Waals surface area contributed by atoms with Gasteiger partial charge in [-0.3, -0.25) is 4.79 Å². The van der Waals surface area contributed by atoms with E-state index >= 15 is 0 Å². The molecule has 2 heterocycles. The van der Waals surface area contributed by atoms with Crippen LogP contribution in [-0.2, 0) is 17.6 Å². The van der Waals surface area contributed by atoms with Gasteiger partial charge < -0.3 is 30.5 Å². The number of aryl methyl sites for hydroxylation is 1. The summed E-state index contributed by atoms with van der Waals surface area (Å²) in [6.45, 7) is 2.58. The van der Waals surface area contributed by atoms with Crippen LogP contribution in [0.3, 0.4) is 0 Å². The summed E-state index contributed by atoms with van der Waals surface area (Å²) in [5.41, 5.74) is 3.49. The molecule has 0 saturated heterocycles. The summed E-state index contributed by atoms with van der Waals surface area (Å²) in [6.07, 6.45) is 4.94. The number of rotatable bonds is 9. The highest BCUT2D eigenvalue weighted by molar-refractivity contribution is 5.83. The first kappa shape index (κ1) is 28.5. The zero-order valence-electron chi connectivity index (χ0n) is 24.1. The van der Waals surface area contributed by atoms with E-state index in [1.54, 1.807) is 12.1 Å². The minimum Gasteiger partial charge on any atom is -0.487 e. The van der Waals surface area contributed by atoms with Crippen LogP contribution in [0.4, 0.5) is 10.1 Å². The Balaban J connectivity index is 1.17. The van der Waals surface area contributed by atoms with Crippen molar-refractivity contribution >= 4 is 11.6 Å². The van der Waals surface area contributed by atoms with Gasteiger partial charge in [0, 0.05) is 24.6 Å². The molecule has 3 aromatic carbocycles. The molecule has 2 aliphatic heterocycles. The van der Waals surface area contributed by atoms with E-state index < -0.39 is 24.1 Å². The summed E-state index contributed by atoms with van der Waals surface area (Å²) in [5.74, 6) is 0.454. The molecule has 0 aromatic heterocycles. The fraction of sp³-hybridized carbons (Fsp3) is 0.441. The van der Waals surface area contributed by atoms with E-state index in [0.717, 1.165) is 55.4 Å². The lowest BCUT2D eigenvalue weighted by molar-refractivity contribution is -0.129. The molecule has 0 radical (unpaired) electrons. The van der Waals surface area contributed by atoms with Crippen LogP contribution in [-0.4, -0.2) is 48.0 Å². The Kier molecular flexibility index (Phi) is 8.36. The number of benzene rings is 3. The number of aliphatic hydroxyl groups excluding tert-OH is 1. The first-order chi connectivity index (χ1) is 20.4. The molecular formula is C34H40FN3O4. The van der Waals surface area contributed by atoms with Crippen LogP contribution in [0, 0.1) is 5.82 Å². The number of para-hydroxylation sites is 1. The van der Waals surface area contributed by atoms with Gasteiger partial charge in [-0.05, 0) is 67.9 Å². The predicted molar refractivity (Wildman–Crippen MR) is 160 cm³/mol. The van der Waals surface area contributed by atoms with Crippen molar-refractivity contribution in [2.24, 2.45) is 0 Å². The van der Waals surface area contributed by atoms with E-state index in [1.807, 2.05) is 30.3 Å². The van der Waals surface area contributed by atoms with E-state index in [9.17, 15) is 14.3 Å². The molecule has 4 atom stereocenters. The minimum atomic E-state index is -0.865. The summed E-state index contributed by atoms with van der Waals surface area (Å²) in [4.78, 5) is 13.4. The second-order valence-electron chi connectivity index (χ2n) is 11.9. The number of ether oxygens (including phenoxy) is 2. The summed E-state index contributed by atoms with van der Waals surface area (Å²) in [5, 5.41) is 21.2. The monoisotopic (exact) mass is 573 g/mol. The maximum Gasteiger partial charge on any atom is 0.263 e. The molecule has 1 fully saturated rings. The standard InChI is InChI=1S/C34H40FN3O4/c1-2-22-13-14-29-24(17-22)27(19-34(42-29)15-6-7-16-34)36-20-28(39)26(18-23-9-4-3-5-10-23)38-33(40)31-21-37-32-25(35)11-8-12-30(32)41-31/h3-5,8-14,17,26-28,31,36-37,39H,2,6-7,15-16,18-21H2,1H3,(H,38,40)/t26-,27-,28+,31?/m0/s1. The molecule has 222 valence electrons. The van der Waals surface area contributed by atoms with E-state index in [2.05, 4.69) is 41.1 Å². The van der Waals surface area contributed by atoms with Gasteiger partial charge in [0.25, 0.3) is 5.91 Å². The van der Waals surface area contributed by atoms with Crippen LogP contribution in [0.15, 0.2) is 66.7 Å². The number of nitrogens with one attached hydrogen (secondary N) is 3. The Bertz CT molecular complexity index is 1390. The van der Waals surface area contributed by atoms with E-state index in [-0.39, 0.29) is 29.8 Å². The predicted octanol–water partition coefficient (Wildman–Crippen LogP) is 5.08. The van der Waals surface area contributed by atoms with Crippen LogP contribution in [0.1, 0.15) is 61.8 Å². The van der Waals surface area contributed by atoms with Crippen molar-refractivity contribution in [2.45, 2.75) is 81.8 Å². The van der Waals surface area contributed by atoms with Crippen molar-refractivity contribution in [1.29, 1.82) is 0 Å². The molecule has 3 aliphatic rings. The Morgan fingerprint density at radius 1 is 1.07 bits per heavy atom. The molecule has 6 rings (SSSR count). The highest BCUT2D eigenvalue weighted by Crippen LogP contribution is 2.47. The average molecular weight is 574 g/mol. The summed E-state index contributed by atoms with van der Waals surface area (Å²) >= 11 is 0. The Morgan fingerprint density at radius 3 is 2.67 bits per heavy atom. The molecule has 1 amide bonds. The van der Waals surface area contributed by atoms with E-state index in [1.165, 1.54) is 11.6 Å². The van der Waals surface area contributed by atoms with Gasteiger partial charge in [0.05, 0.1) is 18.7 Å². The second kappa shape index (κ2) is 12.3. The van der Waals surface area contributed by atoms with Gasteiger partial charge in [-0.15, -0.1) is 0 Å². The van der Waals surface area contributed by atoms with Crippen LogP contribution in [0.5, 0.6) is 11.5 Å². The molecule has 1 aliphatic carbocycles. The van der Waals surface area contributed by atoms with Crippen molar-refractivity contribution in [2.75, 3.05) is 18.4 Å². The topological polar surface area (TPSA) is 91.9 Å². The lowest BCUT2D eigenvalue weighted by atomic mass is 9.85. The molecular weight excluding hydrogens is 533 g/mol. The van der Waals surface area contributed by atoms with E-state index in [0.29, 0.717) is 18.7 Å². The molecule has 1 unspecified atom stereocenters. The summed E-state index contributed by atoms with van der Waals surface area (Å²) < 4.78 is 26.6. The zero-order valence-corrected chi connectivity index (χ0v) is 24.1. The number of amides is 1. The van der Waals surface area contributed by atoms with Gasteiger partial charge in [0.1, 0.15) is 28.6 Å². The molecule has 0 bridgehead atoms. The van der Waals surface area contributed by atoms with Crippen LogP contribution in [0.25, 0.3) is 0 Å². The average Bonchev–Trinajstić information content (AvgIpc) is 3.46. The first-order valence-electron chi connectivity index (χ1n) is 15.2. The highest BCUT2D eigenvalue weighted by Gasteiger charge is 2.43. The van der Waals surface area contributed by atoms with Gasteiger partial charge in [-0.25, -0.2) is 4.39 Å². The van der Waals surface area contributed by atoms with Crippen molar-refractivity contribution < 1.29 is 23.8 Å². The van der Waals surface area contributed by atoms with Crippen LogP contribution >= 0.6 is 0 Å². The maximum absolute atomic E-state index is 14.1. The van der Waals surface area contributed by atoms with Gasteiger partial charge in [0.15, 0.2) is 6.10 Å². The number of carbonyl (C=O) groups excluding carboxylic acids is 1. The number of hydrogen-bond acceptors (Lipinski definition) is 6. The SMILES string of the molecule is CCc1ccc2c(c1)[C@@H](NC[C@@H](O)[C@H](Cc1ccccc1)NC(=O)C1CNc3c(F)cccc3O1)CC1(CCCC1)O2. The Hall–Kier alpha value is -3.62.